The van der Waals surface area contributed by atoms with E-state index in [1.165, 1.54) is 5.56 Å². The van der Waals surface area contributed by atoms with Crippen LogP contribution in [0.4, 0.5) is 5.13 Å². The van der Waals surface area contributed by atoms with Gasteiger partial charge in [-0.3, -0.25) is 4.90 Å². The van der Waals surface area contributed by atoms with Gasteiger partial charge in [-0.05, 0) is 6.92 Å². The molecule has 1 aliphatic rings. The van der Waals surface area contributed by atoms with Gasteiger partial charge in [-0.1, -0.05) is 30.3 Å². The van der Waals surface area contributed by atoms with Crippen molar-refractivity contribution in [1.82, 2.24) is 9.88 Å². The molecule has 1 aromatic carbocycles. The minimum absolute atomic E-state index is 0.475. The molecule has 0 spiro atoms. The fourth-order valence-corrected chi connectivity index (χ4v) is 3.54. The SMILES string of the molecule is CC(CN)N1CCN(c2nc(-c3ccccc3)cs2)CC1. The molecule has 2 heterocycles. The molecule has 0 bridgehead atoms. The molecule has 112 valence electrons. The van der Waals surface area contributed by atoms with E-state index in [1.807, 2.05) is 6.07 Å². The van der Waals surface area contributed by atoms with Crippen molar-refractivity contribution in [2.24, 2.45) is 5.73 Å². The third kappa shape index (κ3) is 3.26. The van der Waals surface area contributed by atoms with Crippen molar-refractivity contribution in [3.8, 4) is 11.3 Å². The van der Waals surface area contributed by atoms with E-state index in [2.05, 4.69) is 46.4 Å². The van der Waals surface area contributed by atoms with Gasteiger partial charge < -0.3 is 10.6 Å². The van der Waals surface area contributed by atoms with Gasteiger partial charge in [0.2, 0.25) is 0 Å². The molecule has 2 aromatic rings. The molecule has 1 fully saturated rings. The monoisotopic (exact) mass is 302 g/mol. The Kier molecular flexibility index (Phi) is 4.53. The van der Waals surface area contributed by atoms with Gasteiger partial charge in [-0.15, -0.1) is 11.3 Å². The van der Waals surface area contributed by atoms with Crippen molar-refractivity contribution < 1.29 is 0 Å². The molecular formula is C16H22N4S. The number of piperazine rings is 1. The zero-order valence-corrected chi connectivity index (χ0v) is 13.2. The lowest BCUT2D eigenvalue weighted by Crippen LogP contribution is -2.51. The van der Waals surface area contributed by atoms with Crippen LogP contribution in [0.25, 0.3) is 11.3 Å². The lowest BCUT2D eigenvalue weighted by Gasteiger charge is -2.37. The summed E-state index contributed by atoms with van der Waals surface area (Å²) in [5.41, 5.74) is 8.02. The van der Waals surface area contributed by atoms with Crippen molar-refractivity contribution >= 4 is 16.5 Å². The third-order valence-corrected chi connectivity index (χ3v) is 5.01. The van der Waals surface area contributed by atoms with Gasteiger partial charge >= 0.3 is 0 Å². The highest BCUT2D eigenvalue weighted by Gasteiger charge is 2.22. The summed E-state index contributed by atoms with van der Waals surface area (Å²) in [4.78, 5) is 9.64. The molecule has 1 atom stereocenters. The van der Waals surface area contributed by atoms with Gasteiger partial charge in [0.05, 0.1) is 5.69 Å². The number of nitrogens with zero attached hydrogens (tertiary/aromatic N) is 3. The maximum atomic E-state index is 5.75. The van der Waals surface area contributed by atoms with Gasteiger partial charge in [-0.2, -0.15) is 0 Å². The van der Waals surface area contributed by atoms with E-state index < -0.39 is 0 Å². The van der Waals surface area contributed by atoms with Crippen molar-refractivity contribution in [2.75, 3.05) is 37.6 Å². The Morgan fingerprint density at radius 3 is 2.57 bits per heavy atom. The number of aromatic nitrogens is 1. The summed E-state index contributed by atoms with van der Waals surface area (Å²) in [6.07, 6.45) is 0. The minimum atomic E-state index is 0.475. The van der Waals surface area contributed by atoms with Crippen LogP contribution in [0, 0.1) is 0 Å². The lowest BCUT2D eigenvalue weighted by atomic mass is 10.2. The standard InChI is InChI=1S/C16H22N4S/c1-13(11-17)19-7-9-20(10-8-19)16-18-15(12-21-16)14-5-3-2-4-6-14/h2-6,12-13H,7-11,17H2,1H3. The van der Waals surface area contributed by atoms with Crippen LogP contribution in [0.1, 0.15) is 6.92 Å². The molecule has 5 heteroatoms. The summed E-state index contributed by atoms with van der Waals surface area (Å²) in [6.45, 7) is 7.14. The summed E-state index contributed by atoms with van der Waals surface area (Å²) >= 11 is 1.74. The van der Waals surface area contributed by atoms with Crippen LogP contribution in [-0.2, 0) is 0 Å². The van der Waals surface area contributed by atoms with Crippen LogP contribution >= 0.6 is 11.3 Å². The number of anilines is 1. The second kappa shape index (κ2) is 6.56. The minimum Gasteiger partial charge on any atom is -0.346 e. The van der Waals surface area contributed by atoms with E-state index >= 15 is 0 Å². The highest BCUT2D eigenvalue weighted by molar-refractivity contribution is 7.14. The third-order valence-electron chi connectivity index (χ3n) is 4.11. The summed E-state index contributed by atoms with van der Waals surface area (Å²) in [5.74, 6) is 0. The normalized spacial score (nSPS) is 17.9. The molecule has 1 saturated heterocycles. The van der Waals surface area contributed by atoms with Gasteiger partial charge in [0.15, 0.2) is 5.13 Å². The van der Waals surface area contributed by atoms with Crippen LogP contribution < -0.4 is 10.6 Å². The number of benzene rings is 1. The van der Waals surface area contributed by atoms with E-state index in [0.29, 0.717) is 6.04 Å². The number of nitrogens with two attached hydrogens (primary N) is 1. The highest BCUT2D eigenvalue weighted by atomic mass is 32.1. The first kappa shape index (κ1) is 14.5. The molecule has 0 aliphatic carbocycles. The number of hydrogen-bond acceptors (Lipinski definition) is 5. The first-order valence-corrected chi connectivity index (χ1v) is 8.36. The predicted molar refractivity (Wildman–Crippen MR) is 89.9 cm³/mol. The largest absolute Gasteiger partial charge is 0.346 e. The van der Waals surface area contributed by atoms with E-state index in [0.717, 1.165) is 43.5 Å². The van der Waals surface area contributed by atoms with Gasteiger partial charge in [0.25, 0.3) is 0 Å². The fraction of sp³-hybridized carbons (Fsp3) is 0.438. The second-order valence-corrected chi connectivity index (χ2v) is 6.33. The highest BCUT2D eigenvalue weighted by Crippen LogP contribution is 2.28. The zero-order valence-electron chi connectivity index (χ0n) is 12.4. The molecule has 3 rings (SSSR count). The van der Waals surface area contributed by atoms with Gasteiger partial charge in [-0.25, -0.2) is 4.98 Å². The molecule has 21 heavy (non-hydrogen) atoms. The van der Waals surface area contributed by atoms with Crippen molar-refractivity contribution in [3.05, 3.63) is 35.7 Å². The molecule has 0 radical (unpaired) electrons. The molecule has 4 nitrogen and oxygen atoms in total. The number of hydrogen-bond donors (Lipinski definition) is 1. The summed E-state index contributed by atoms with van der Waals surface area (Å²) in [6, 6.07) is 10.8. The lowest BCUT2D eigenvalue weighted by molar-refractivity contribution is 0.201. The van der Waals surface area contributed by atoms with Crippen LogP contribution in [0.15, 0.2) is 35.7 Å². The van der Waals surface area contributed by atoms with Crippen molar-refractivity contribution in [3.63, 3.8) is 0 Å². The Labute approximate surface area is 130 Å². The Morgan fingerprint density at radius 1 is 1.19 bits per heavy atom. The first-order valence-electron chi connectivity index (χ1n) is 7.48. The quantitative estimate of drug-likeness (QED) is 0.941. The molecule has 1 aromatic heterocycles. The number of rotatable bonds is 4. The topological polar surface area (TPSA) is 45.4 Å². The maximum absolute atomic E-state index is 5.75. The summed E-state index contributed by atoms with van der Waals surface area (Å²) < 4.78 is 0. The van der Waals surface area contributed by atoms with Crippen molar-refractivity contribution in [2.45, 2.75) is 13.0 Å². The van der Waals surface area contributed by atoms with E-state index in [-0.39, 0.29) is 0 Å². The first-order chi connectivity index (χ1) is 10.3. The summed E-state index contributed by atoms with van der Waals surface area (Å²) in [5, 5.41) is 3.29. The zero-order chi connectivity index (χ0) is 14.7. The van der Waals surface area contributed by atoms with Crippen LogP contribution in [0.3, 0.4) is 0 Å². The molecule has 1 aliphatic heterocycles. The average molecular weight is 302 g/mol. The van der Waals surface area contributed by atoms with E-state index in [1.54, 1.807) is 11.3 Å². The maximum Gasteiger partial charge on any atom is 0.185 e. The van der Waals surface area contributed by atoms with Crippen LogP contribution in [0.5, 0.6) is 0 Å². The van der Waals surface area contributed by atoms with Crippen LogP contribution in [0.2, 0.25) is 0 Å². The van der Waals surface area contributed by atoms with Crippen LogP contribution in [-0.4, -0.2) is 48.6 Å². The molecular weight excluding hydrogens is 280 g/mol. The van der Waals surface area contributed by atoms with Gasteiger partial charge in [0, 0.05) is 49.7 Å². The smallest absolute Gasteiger partial charge is 0.185 e. The predicted octanol–water partition coefficient (Wildman–Crippen LogP) is 2.28. The fourth-order valence-electron chi connectivity index (χ4n) is 2.65. The molecule has 0 amide bonds. The van der Waals surface area contributed by atoms with E-state index in [4.69, 9.17) is 10.7 Å². The Morgan fingerprint density at radius 2 is 1.90 bits per heavy atom. The Balaban J connectivity index is 1.66. The number of thiazole rings is 1. The Hall–Kier alpha value is -1.43. The molecule has 1 unspecified atom stereocenters. The molecule has 2 N–H and O–H groups in total. The second-order valence-electron chi connectivity index (χ2n) is 5.49. The van der Waals surface area contributed by atoms with Gasteiger partial charge in [0.1, 0.15) is 0 Å². The summed E-state index contributed by atoms with van der Waals surface area (Å²) in [7, 11) is 0. The van der Waals surface area contributed by atoms with E-state index in [9.17, 15) is 0 Å². The average Bonchev–Trinajstić information content (AvgIpc) is 3.05. The van der Waals surface area contributed by atoms with Crippen molar-refractivity contribution in [1.29, 1.82) is 0 Å². The Bertz CT molecular complexity index is 561. The molecule has 0 saturated carbocycles.